The number of hydrogen-bond donors (Lipinski definition) is 1. The van der Waals surface area contributed by atoms with Crippen LogP contribution < -0.4 is 4.74 Å². The fourth-order valence-electron chi connectivity index (χ4n) is 3.73. The van der Waals surface area contributed by atoms with Crippen molar-refractivity contribution in [2.45, 2.75) is 10.8 Å². The quantitative estimate of drug-likeness (QED) is 0.851. The summed E-state index contributed by atoms with van der Waals surface area (Å²) in [6.45, 7) is 1.65. The standard InChI is InChI=1S/C19H20N2O3S/c22-12-19-11-21(18(23)10-25-14-5-7-20-8-6-14)9-16(19)15-3-1-2-4-17(15)24-13-19/h1-8,16,22H,9-13H2/t16-,19-/m1/s1. The van der Waals surface area contributed by atoms with Gasteiger partial charge < -0.3 is 14.7 Å². The number of aliphatic hydroxyl groups is 1. The summed E-state index contributed by atoms with van der Waals surface area (Å²) in [5.74, 6) is 1.48. The van der Waals surface area contributed by atoms with Gasteiger partial charge in [-0.15, -0.1) is 11.8 Å². The van der Waals surface area contributed by atoms with Crippen molar-refractivity contribution in [3.8, 4) is 5.75 Å². The Morgan fingerprint density at radius 1 is 1.32 bits per heavy atom. The Kier molecular flexibility index (Phi) is 4.39. The molecule has 1 amide bonds. The minimum absolute atomic E-state index is 0.0211. The maximum atomic E-state index is 12.7. The van der Waals surface area contributed by atoms with Gasteiger partial charge in [0.1, 0.15) is 5.75 Å². The Bertz CT molecular complexity index is 770. The van der Waals surface area contributed by atoms with E-state index in [-0.39, 0.29) is 18.4 Å². The maximum Gasteiger partial charge on any atom is 0.232 e. The lowest BCUT2D eigenvalue weighted by Gasteiger charge is -2.37. The monoisotopic (exact) mass is 356 g/mol. The van der Waals surface area contributed by atoms with Gasteiger partial charge >= 0.3 is 0 Å². The molecule has 1 aromatic carbocycles. The minimum Gasteiger partial charge on any atom is -0.493 e. The summed E-state index contributed by atoms with van der Waals surface area (Å²) in [7, 11) is 0. The second kappa shape index (κ2) is 6.69. The van der Waals surface area contributed by atoms with Crippen molar-refractivity contribution in [3.63, 3.8) is 0 Å². The lowest BCUT2D eigenvalue weighted by Crippen LogP contribution is -2.42. The van der Waals surface area contributed by atoms with Gasteiger partial charge in [0.05, 0.1) is 24.4 Å². The molecule has 1 fully saturated rings. The predicted octanol–water partition coefficient (Wildman–Crippen LogP) is 2.17. The predicted molar refractivity (Wildman–Crippen MR) is 95.7 cm³/mol. The average molecular weight is 356 g/mol. The number of hydrogen-bond acceptors (Lipinski definition) is 5. The van der Waals surface area contributed by atoms with Crippen LogP contribution in [-0.2, 0) is 4.79 Å². The van der Waals surface area contributed by atoms with E-state index < -0.39 is 5.41 Å². The molecule has 4 rings (SSSR count). The van der Waals surface area contributed by atoms with Crippen molar-refractivity contribution in [3.05, 3.63) is 54.4 Å². The zero-order chi connectivity index (χ0) is 17.3. The third kappa shape index (κ3) is 3.00. The van der Waals surface area contributed by atoms with Gasteiger partial charge in [-0.3, -0.25) is 9.78 Å². The lowest BCUT2D eigenvalue weighted by molar-refractivity contribution is -0.127. The number of likely N-dealkylation sites (tertiary alicyclic amines) is 1. The maximum absolute atomic E-state index is 12.7. The number of carbonyl (C=O) groups excluding carboxylic acids is 1. The van der Waals surface area contributed by atoms with E-state index in [1.807, 2.05) is 41.3 Å². The topological polar surface area (TPSA) is 62.7 Å². The van der Waals surface area contributed by atoms with E-state index in [1.165, 1.54) is 11.8 Å². The summed E-state index contributed by atoms with van der Waals surface area (Å²) >= 11 is 1.52. The van der Waals surface area contributed by atoms with Crippen molar-refractivity contribution in [1.82, 2.24) is 9.88 Å². The van der Waals surface area contributed by atoms with E-state index in [9.17, 15) is 9.90 Å². The largest absolute Gasteiger partial charge is 0.493 e. The van der Waals surface area contributed by atoms with Crippen LogP contribution in [0.1, 0.15) is 11.5 Å². The molecule has 0 radical (unpaired) electrons. The average Bonchev–Trinajstić information content (AvgIpc) is 3.08. The highest BCUT2D eigenvalue weighted by atomic mass is 32.2. The van der Waals surface area contributed by atoms with Crippen molar-refractivity contribution >= 4 is 17.7 Å². The van der Waals surface area contributed by atoms with E-state index in [0.717, 1.165) is 16.2 Å². The molecule has 0 spiro atoms. The highest BCUT2D eigenvalue weighted by Gasteiger charge is 2.51. The molecule has 0 unspecified atom stereocenters. The Labute approximate surface area is 151 Å². The first-order chi connectivity index (χ1) is 12.2. The van der Waals surface area contributed by atoms with Crippen molar-refractivity contribution in [2.75, 3.05) is 32.1 Å². The molecule has 2 atom stereocenters. The first-order valence-electron chi connectivity index (χ1n) is 8.35. The molecule has 6 heteroatoms. The molecule has 2 aliphatic rings. The van der Waals surface area contributed by atoms with Crippen LogP contribution in [0.3, 0.4) is 0 Å². The second-order valence-corrected chi connectivity index (χ2v) is 7.69. The van der Waals surface area contributed by atoms with Gasteiger partial charge in [0.25, 0.3) is 0 Å². The smallest absolute Gasteiger partial charge is 0.232 e. The Balaban J connectivity index is 1.49. The fourth-order valence-corrected chi connectivity index (χ4v) is 4.52. The van der Waals surface area contributed by atoms with Crippen LogP contribution in [0.4, 0.5) is 0 Å². The van der Waals surface area contributed by atoms with Crippen LogP contribution in [0.5, 0.6) is 5.75 Å². The number of amides is 1. The van der Waals surface area contributed by atoms with Gasteiger partial charge in [-0.25, -0.2) is 0 Å². The van der Waals surface area contributed by atoms with Crippen LogP contribution >= 0.6 is 11.8 Å². The third-order valence-electron chi connectivity index (χ3n) is 5.14. The molecule has 0 saturated carbocycles. The van der Waals surface area contributed by atoms with Gasteiger partial charge in [0.15, 0.2) is 0 Å². The SMILES string of the molecule is O=C(CSc1ccncc1)N1C[C@@H]2c3ccccc3OC[C@]2(CO)C1. The molecule has 0 bridgehead atoms. The number of rotatable bonds is 4. The van der Waals surface area contributed by atoms with Gasteiger partial charge in [0.2, 0.25) is 5.91 Å². The summed E-state index contributed by atoms with van der Waals surface area (Å²) in [6.07, 6.45) is 3.46. The molecule has 3 heterocycles. The molecule has 130 valence electrons. The summed E-state index contributed by atoms with van der Waals surface area (Å²) < 4.78 is 5.88. The molecule has 1 aromatic heterocycles. The van der Waals surface area contributed by atoms with E-state index in [4.69, 9.17) is 4.74 Å². The highest BCUT2D eigenvalue weighted by molar-refractivity contribution is 8.00. The van der Waals surface area contributed by atoms with Crippen LogP contribution in [0.15, 0.2) is 53.7 Å². The number of aromatic nitrogens is 1. The van der Waals surface area contributed by atoms with Gasteiger partial charge in [-0.1, -0.05) is 18.2 Å². The van der Waals surface area contributed by atoms with Crippen molar-refractivity contribution in [1.29, 1.82) is 0 Å². The van der Waals surface area contributed by atoms with Crippen molar-refractivity contribution in [2.24, 2.45) is 5.41 Å². The number of para-hydroxylation sites is 1. The van der Waals surface area contributed by atoms with Gasteiger partial charge in [-0.05, 0) is 23.8 Å². The molecule has 1 saturated heterocycles. The minimum atomic E-state index is -0.397. The molecule has 25 heavy (non-hydrogen) atoms. The van der Waals surface area contributed by atoms with Crippen LogP contribution in [-0.4, -0.2) is 53.0 Å². The normalized spacial score (nSPS) is 24.4. The zero-order valence-electron chi connectivity index (χ0n) is 13.8. The fraction of sp³-hybridized carbons (Fsp3) is 0.368. The van der Waals surface area contributed by atoms with Gasteiger partial charge in [-0.2, -0.15) is 0 Å². The Hall–Kier alpha value is -2.05. The summed E-state index contributed by atoms with van der Waals surface area (Å²) in [5, 5.41) is 10.1. The first-order valence-corrected chi connectivity index (χ1v) is 9.34. The number of fused-ring (bicyclic) bond motifs is 3. The number of benzene rings is 1. The number of aliphatic hydroxyl groups excluding tert-OH is 1. The number of nitrogens with zero attached hydrogens (tertiary/aromatic N) is 2. The van der Waals surface area contributed by atoms with Crippen LogP contribution in [0.2, 0.25) is 0 Å². The zero-order valence-corrected chi connectivity index (χ0v) is 14.6. The molecule has 2 aliphatic heterocycles. The number of pyridine rings is 1. The Morgan fingerprint density at radius 2 is 2.12 bits per heavy atom. The number of thioether (sulfide) groups is 1. The van der Waals surface area contributed by atoms with Crippen LogP contribution in [0.25, 0.3) is 0 Å². The second-order valence-electron chi connectivity index (χ2n) is 6.65. The van der Waals surface area contributed by atoms with E-state index >= 15 is 0 Å². The Morgan fingerprint density at radius 3 is 2.92 bits per heavy atom. The third-order valence-corrected chi connectivity index (χ3v) is 6.13. The van der Waals surface area contributed by atoms with Crippen LogP contribution in [0, 0.1) is 5.41 Å². The van der Waals surface area contributed by atoms with E-state index in [2.05, 4.69) is 4.98 Å². The van der Waals surface area contributed by atoms with E-state index in [0.29, 0.717) is 25.4 Å². The first kappa shape index (κ1) is 16.4. The molecule has 2 aromatic rings. The summed E-state index contributed by atoms with van der Waals surface area (Å²) in [5.41, 5.74) is 0.700. The number of carbonyl (C=O) groups is 1. The molecule has 1 N–H and O–H groups in total. The molecule has 0 aliphatic carbocycles. The highest BCUT2D eigenvalue weighted by Crippen LogP contribution is 2.49. The lowest BCUT2D eigenvalue weighted by atomic mass is 9.74. The number of ether oxygens (including phenoxy) is 1. The molecular formula is C19H20N2O3S. The van der Waals surface area contributed by atoms with Crippen molar-refractivity contribution < 1.29 is 14.6 Å². The molecule has 5 nitrogen and oxygen atoms in total. The van der Waals surface area contributed by atoms with E-state index in [1.54, 1.807) is 12.4 Å². The molecular weight excluding hydrogens is 336 g/mol. The van der Waals surface area contributed by atoms with Gasteiger partial charge in [0, 0.05) is 36.3 Å². The summed E-state index contributed by atoms with van der Waals surface area (Å²) in [6, 6.07) is 11.7. The summed E-state index contributed by atoms with van der Waals surface area (Å²) in [4.78, 5) is 19.6.